The zero-order chi connectivity index (χ0) is 7.82. The van der Waals surface area contributed by atoms with Crippen molar-refractivity contribution in [3.05, 3.63) is 40.1 Å². The molecule has 0 saturated carbocycles. The van der Waals surface area contributed by atoms with E-state index in [1.807, 2.05) is 6.07 Å². The van der Waals surface area contributed by atoms with Crippen LogP contribution in [0.4, 0.5) is 5.69 Å². The van der Waals surface area contributed by atoms with Crippen molar-refractivity contribution in [2.24, 2.45) is 5.18 Å². The van der Waals surface area contributed by atoms with Gasteiger partial charge in [-0.15, -0.1) is 4.91 Å². The summed E-state index contributed by atoms with van der Waals surface area (Å²) in [4.78, 5) is 17.3. The molecule has 0 fully saturated rings. The molecule has 0 saturated heterocycles. The largest absolute Gasteiger partial charge is 0.154 e. The summed E-state index contributed by atoms with van der Waals surface area (Å²) in [5.41, 5.74) is 4.98. The predicted molar refractivity (Wildman–Crippen MR) is 38.0 cm³/mol. The summed E-state index contributed by atoms with van der Waals surface area (Å²) in [6.45, 7) is 0. The van der Waals surface area contributed by atoms with E-state index in [1.54, 1.807) is 24.3 Å². The summed E-state index contributed by atoms with van der Waals surface area (Å²) in [6, 6.07) is 8.71. The summed E-state index contributed by atoms with van der Waals surface area (Å²) < 4.78 is 0. The van der Waals surface area contributed by atoms with Crippen molar-refractivity contribution >= 4 is 5.69 Å². The zero-order valence-corrected chi connectivity index (χ0v) is 5.15. The third-order valence-electron chi connectivity index (χ3n) is 0.862. The van der Waals surface area contributed by atoms with E-state index < -0.39 is 0 Å². The van der Waals surface area contributed by atoms with Crippen molar-refractivity contribution < 1.29 is 0 Å². The van der Waals surface area contributed by atoms with E-state index in [9.17, 15) is 4.91 Å². The third kappa shape index (κ3) is 2.66. The molecule has 10 heavy (non-hydrogen) atoms. The highest BCUT2D eigenvalue weighted by Crippen LogP contribution is 2.07. The maximum atomic E-state index is 9.76. The lowest BCUT2D eigenvalue weighted by molar-refractivity contribution is 1.49. The molecule has 0 aliphatic carbocycles. The Hall–Kier alpha value is -1.58. The van der Waals surface area contributed by atoms with Crippen molar-refractivity contribution in [1.29, 1.82) is 5.59 Å². The fourth-order valence-electron chi connectivity index (χ4n) is 0.489. The van der Waals surface area contributed by atoms with Crippen LogP contribution in [0.3, 0.4) is 0 Å². The number of hydrogen-bond donors (Lipinski definition) is 1. The van der Waals surface area contributed by atoms with Crippen molar-refractivity contribution in [2.75, 3.05) is 0 Å². The predicted octanol–water partition coefficient (Wildman–Crippen LogP) is 2.42. The van der Waals surface area contributed by atoms with Gasteiger partial charge in [-0.3, -0.25) is 0 Å². The summed E-state index contributed by atoms with van der Waals surface area (Å²) in [5, 5.41) is 2.72. The Morgan fingerprint density at radius 3 is 1.90 bits per heavy atom. The van der Waals surface area contributed by atoms with Gasteiger partial charge in [0.1, 0.15) is 5.69 Å². The Bertz CT molecular complexity index is 188. The number of benzene rings is 1. The summed E-state index contributed by atoms with van der Waals surface area (Å²) in [6.07, 6.45) is 0. The van der Waals surface area contributed by atoms with Crippen LogP contribution in [0.15, 0.2) is 35.5 Å². The quantitative estimate of drug-likeness (QED) is 0.605. The van der Waals surface area contributed by atoms with Crippen LogP contribution in [0.2, 0.25) is 0 Å². The molecule has 0 spiro atoms. The molecule has 0 bridgehead atoms. The van der Waals surface area contributed by atoms with Gasteiger partial charge in [-0.1, -0.05) is 23.8 Å². The number of hydrogen-bond acceptors (Lipinski definition) is 4. The van der Waals surface area contributed by atoms with Crippen LogP contribution >= 0.6 is 0 Å². The Morgan fingerprint density at radius 2 is 1.60 bits per heavy atom. The van der Waals surface area contributed by atoms with Gasteiger partial charge in [0.05, 0.1) is 0 Å². The normalized spacial score (nSPS) is 7.20. The SMILES string of the molecule is N=O.O=Nc1ccccc1. The Morgan fingerprint density at radius 1 is 1.10 bits per heavy atom. The summed E-state index contributed by atoms with van der Waals surface area (Å²) >= 11 is 0. The highest BCUT2D eigenvalue weighted by atomic mass is 16.3. The summed E-state index contributed by atoms with van der Waals surface area (Å²) in [7, 11) is 0. The minimum absolute atomic E-state index is 0.479. The number of nitrogens with zero attached hydrogens (tertiary/aromatic N) is 1. The van der Waals surface area contributed by atoms with Gasteiger partial charge in [-0.2, -0.15) is 4.91 Å². The van der Waals surface area contributed by atoms with Gasteiger partial charge in [0.2, 0.25) is 0 Å². The summed E-state index contributed by atoms with van der Waals surface area (Å²) in [5.74, 6) is 0. The van der Waals surface area contributed by atoms with Gasteiger partial charge >= 0.3 is 0 Å². The topological polar surface area (TPSA) is 70.3 Å². The fraction of sp³-hybridized carbons (Fsp3) is 0. The smallest absolute Gasteiger partial charge is 0.107 e. The minimum Gasteiger partial charge on any atom is -0.154 e. The van der Waals surface area contributed by atoms with Crippen LogP contribution in [-0.2, 0) is 0 Å². The number of nitroso groups, excluding NO2 is 2. The number of rotatable bonds is 1. The first-order valence-corrected chi connectivity index (χ1v) is 2.52. The lowest BCUT2D eigenvalue weighted by Gasteiger charge is -1.80. The number of nitrogens with one attached hydrogen (secondary N) is 1. The molecule has 4 heteroatoms. The minimum atomic E-state index is 0.479. The zero-order valence-electron chi connectivity index (χ0n) is 5.15. The van der Waals surface area contributed by atoms with Crippen LogP contribution in [0.1, 0.15) is 0 Å². The molecule has 1 N–H and O–H groups in total. The molecule has 1 aromatic rings. The van der Waals surface area contributed by atoms with E-state index >= 15 is 0 Å². The maximum absolute atomic E-state index is 9.76. The van der Waals surface area contributed by atoms with E-state index in [0.29, 0.717) is 5.69 Å². The lowest BCUT2D eigenvalue weighted by Crippen LogP contribution is -1.56. The first kappa shape index (κ1) is 8.42. The molecule has 0 unspecified atom stereocenters. The second-order valence-corrected chi connectivity index (χ2v) is 1.43. The molecule has 0 atom stereocenters. The first-order valence-electron chi connectivity index (χ1n) is 2.52. The van der Waals surface area contributed by atoms with Crippen LogP contribution in [0, 0.1) is 15.4 Å². The lowest BCUT2D eigenvalue weighted by atomic mass is 10.3. The second-order valence-electron chi connectivity index (χ2n) is 1.43. The maximum Gasteiger partial charge on any atom is 0.107 e. The van der Waals surface area contributed by atoms with E-state index in [4.69, 9.17) is 4.91 Å². The average Bonchev–Trinajstić information content (AvgIpc) is 2.10. The first-order chi connectivity index (χ1) is 4.93. The monoisotopic (exact) mass is 138 g/mol. The standard InChI is InChI=1S/C6H5NO.HNO/c8-7-6-4-2-1-3-5-6;1-2/h1-5H;1H. The molecule has 0 aromatic heterocycles. The molecule has 4 nitrogen and oxygen atoms in total. The molecule has 0 amide bonds. The van der Waals surface area contributed by atoms with E-state index in [-0.39, 0.29) is 0 Å². The molecule has 0 radical (unpaired) electrons. The highest BCUT2D eigenvalue weighted by Gasteiger charge is 1.81. The fourth-order valence-corrected chi connectivity index (χ4v) is 0.489. The van der Waals surface area contributed by atoms with E-state index in [1.165, 1.54) is 0 Å². The van der Waals surface area contributed by atoms with Gasteiger partial charge in [0.25, 0.3) is 0 Å². The van der Waals surface area contributed by atoms with Crippen molar-refractivity contribution in [3.63, 3.8) is 0 Å². The molecule has 0 heterocycles. The average molecular weight is 138 g/mol. The Balaban J connectivity index is 0.000000371. The second kappa shape index (κ2) is 5.55. The van der Waals surface area contributed by atoms with Gasteiger partial charge in [0, 0.05) is 0 Å². The molecule has 52 valence electrons. The van der Waals surface area contributed by atoms with Gasteiger partial charge in [-0.05, 0) is 17.3 Å². The van der Waals surface area contributed by atoms with Crippen LogP contribution in [0.5, 0.6) is 0 Å². The third-order valence-corrected chi connectivity index (χ3v) is 0.862. The molecule has 0 aliphatic heterocycles. The molecular formula is C6H6N2O2. The van der Waals surface area contributed by atoms with Gasteiger partial charge < -0.3 is 0 Å². The molecule has 1 rings (SSSR count). The molecule has 1 aromatic carbocycles. The Kier molecular flexibility index (Phi) is 4.68. The molecular weight excluding hydrogens is 132 g/mol. The van der Waals surface area contributed by atoms with Crippen molar-refractivity contribution in [2.45, 2.75) is 0 Å². The van der Waals surface area contributed by atoms with Crippen molar-refractivity contribution in [3.8, 4) is 0 Å². The molecule has 0 aliphatic rings. The van der Waals surface area contributed by atoms with Crippen molar-refractivity contribution in [1.82, 2.24) is 0 Å². The van der Waals surface area contributed by atoms with Crippen LogP contribution in [-0.4, -0.2) is 0 Å². The van der Waals surface area contributed by atoms with E-state index in [2.05, 4.69) is 10.8 Å². The van der Waals surface area contributed by atoms with Crippen LogP contribution < -0.4 is 0 Å². The Labute approximate surface area is 57.6 Å². The van der Waals surface area contributed by atoms with Crippen LogP contribution in [0.25, 0.3) is 0 Å². The highest BCUT2D eigenvalue weighted by molar-refractivity contribution is 5.34. The van der Waals surface area contributed by atoms with Gasteiger partial charge in [-0.25, -0.2) is 0 Å². The van der Waals surface area contributed by atoms with Gasteiger partial charge in [0.15, 0.2) is 0 Å². The van der Waals surface area contributed by atoms with E-state index in [0.717, 1.165) is 0 Å².